The van der Waals surface area contributed by atoms with Crippen molar-refractivity contribution in [2.45, 2.75) is 84.2 Å². The van der Waals surface area contributed by atoms with E-state index in [1.165, 1.54) is 9.80 Å². The maximum atomic E-state index is 13.7. The van der Waals surface area contributed by atoms with Gasteiger partial charge in [-0.1, -0.05) is 29.7 Å². The van der Waals surface area contributed by atoms with Crippen LogP contribution in [0.1, 0.15) is 67.5 Å². The van der Waals surface area contributed by atoms with E-state index in [-0.39, 0.29) is 37.1 Å². The summed E-state index contributed by atoms with van der Waals surface area (Å²) in [7, 11) is 0. The standard InChI is InChI=1S/C29H31F6N7O2/c1-6-22-15-25(23-11-18(4)7-8-24(23)42(22)27(43)44-17(2)3)40(26-37-39-41(38-26)10-9-36-5)16-19-12-20(28(30,31)32)14-21(13-19)29(33,34)35/h7-8,11-14,17,22,25H,6,9-10,15-16H2,1-4H3/t22-,25+/m1/s1. The fraction of sp³-hybridized carbons (Fsp3) is 0.483. The summed E-state index contributed by atoms with van der Waals surface area (Å²) >= 11 is 0. The number of halogens is 6. The SMILES string of the molecule is [C-]#[N+]CCn1nnc(N(Cc2cc(C(F)(F)F)cc(C(F)(F)F)c2)[C@H]2C[C@@H](CC)N(C(=O)OC(C)C)c3ccc(C)cc32)n1. The Hall–Kier alpha value is -4.35. The number of rotatable bonds is 8. The molecule has 4 rings (SSSR count). The molecule has 44 heavy (non-hydrogen) atoms. The number of hydrogen-bond donors (Lipinski definition) is 0. The minimum Gasteiger partial charge on any atom is -0.446 e. The molecule has 0 fully saturated rings. The summed E-state index contributed by atoms with van der Waals surface area (Å²) in [6.45, 7) is 13.8. The second-order valence-corrected chi connectivity index (χ2v) is 10.8. The number of anilines is 2. The highest BCUT2D eigenvalue weighted by Crippen LogP contribution is 2.44. The quantitative estimate of drug-likeness (QED) is 0.195. The van der Waals surface area contributed by atoms with Crippen molar-refractivity contribution in [1.82, 2.24) is 20.2 Å². The molecule has 1 aliphatic heterocycles. The van der Waals surface area contributed by atoms with Crippen LogP contribution < -0.4 is 9.80 Å². The van der Waals surface area contributed by atoms with E-state index >= 15 is 0 Å². The summed E-state index contributed by atoms with van der Waals surface area (Å²) in [5.41, 5.74) is -1.25. The molecule has 0 aliphatic carbocycles. The minimum absolute atomic E-state index is 0.0364. The largest absolute Gasteiger partial charge is 0.446 e. The first-order valence-corrected chi connectivity index (χ1v) is 13.9. The van der Waals surface area contributed by atoms with Crippen LogP contribution in [0.4, 0.5) is 42.8 Å². The molecule has 0 radical (unpaired) electrons. The molecule has 0 bridgehead atoms. The van der Waals surface area contributed by atoms with E-state index in [4.69, 9.17) is 11.3 Å². The highest BCUT2D eigenvalue weighted by Gasteiger charge is 2.41. The third kappa shape index (κ3) is 7.23. The molecule has 2 atom stereocenters. The molecule has 0 unspecified atom stereocenters. The summed E-state index contributed by atoms with van der Waals surface area (Å²) in [6, 6.07) is 5.67. The molecule has 1 amide bonds. The van der Waals surface area contributed by atoms with Gasteiger partial charge in [-0.15, -0.1) is 5.10 Å². The third-order valence-electron chi connectivity index (χ3n) is 7.15. The molecular weight excluding hydrogens is 592 g/mol. The molecule has 1 aliphatic rings. The van der Waals surface area contributed by atoms with Gasteiger partial charge < -0.3 is 14.5 Å². The lowest BCUT2D eigenvalue weighted by Crippen LogP contribution is -2.48. The van der Waals surface area contributed by atoms with Crippen molar-refractivity contribution >= 4 is 17.7 Å². The van der Waals surface area contributed by atoms with Crippen molar-refractivity contribution in [3.05, 3.63) is 75.6 Å². The van der Waals surface area contributed by atoms with Gasteiger partial charge in [0, 0.05) is 12.6 Å². The number of ether oxygens (including phenoxy) is 1. The first kappa shape index (κ1) is 32.6. The van der Waals surface area contributed by atoms with Gasteiger partial charge in [0.1, 0.15) is 6.54 Å². The Balaban J connectivity index is 1.89. The lowest BCUT2D eigenvalue weighted by Gasteiger charge is -2.44. The van der Waals surface area contributed by atoms with Crippen molar-refractivity contribution in [2.75, 3.05) is 16.3 Å². The van der Waals surface area contributed by atoms with Gasteiger partial charge in [0.25, 0.3) is 5.95 Å². The third-order valence-corrected chi connectivity index (χ3v) is 7.15. The summed E-state index contributed by atoms with van der Waals surface area (Å²) < 4.78 is 87.9. The van der Waals surface area contributed by atoms with Crippen molar-refractivity contribution in [2.24, 2.45) is 0 Å². The number of carbonyl (C=O) groups is 1. The molecule has 0 saturated carbocycles. The Morgan fingerprint density at radius 1 is 1.11 bits per heavy atom. The van der Waals surface area contributed by atoms with Gasteiger partial charge in [-0.2, -0.15) is 31.1 Å². The number of tetrazole rings is 1. The summed E-state index contributed by atoms with van der Waals surface area (Å²) in [5.74, 6) is -0.0496. The molecule has 15 heteroatoms. The molecule has 2 aromatic carbocycles. The van der Waals surface area contributed by atoms with Gasteiger partial charge in [0.2, 0.25) is 6.54 Å². The average Bonchev–Trinajstić information content (AvgIpc) is 3.41. The Morgan fingerprint density at radius 2 is 1.77 bits per heavy atom. The molecule has 0 saturated heterocycles. The van der Waals surface area contributed by atoms with Crippen LogP contribution in [0, 0.1) is 13.5 Å². The van der Waals surface area contributed by atoms with E-state index < -0.39 is 54.3 Å². The van der Waals surface area contributed by atoms with Gasteiger partial charge in [-0.05, 0) is 74.2 Å². The van der Waals surface area contributed by atoms with E-state index in [9.17, 15) is 31.1 Å². The summed E-state index contributed by atoms with van der Waals surface area (Å²) in [5, 5.41) is 12.4. The van der Waals surface area contributed by atoms with Crippen LogP contribution in [0.2, 0.25) is 0 Å². The van der Waals surface area contributed by atoms with Crippen LogP contribution in [0.3, 0.4) is 0 Å². The van der Waals surface area contributed by atoms with Gasteiger partial charge >= 0.3 is 18.4 Å². The number of aromatic nitrogens is 4. The zero-order chi connectivity index (χ0) is 32.4. The van der Waals surface area contributed by atoms with E-state index in [0.29, 0.717) is 29.8 Å². The fourth-order valence-corrected chi connectivity index (χ4v) is 5.21. The Morgan fingerprint density at radius 3 is 2.34 bits per heavy atom. The highest BCUT2D eigenvalue weighted by molar-refractivity contribution is 5.90. The van der Waals surface area contributed by atoms with Crippen molar-refractivity contribution in [1.29, 1.82) is 0 Å². The number of carbonyl (C=O) groups excluding carboxylic acids is 1. The average molecular weight is 624 g/mol. The van der Waals surface area contributed by atoms with Gasteiger partial charge in [0.05, 0.1) is 29.0 Å². The van der Waals surface area contributed by atoms with Crippen molar-refractivity contribution in [3.8, 4) is 0 Å². The molecule has 0 N–H and O–H groups in total. The molecule has 236 valence electrons. The predicted molar refractivity (Wildman–Crippen MR) is 149 cm³/mol. The first-order valence-electron chi connectivity index (χ1n) is 13.9. The smallest absolute Gasteiger partial charge is 0.416 e. The zero-order valence-corrected chi connectivity index (χ0v) is 24.4. The number of fused-ring (bicyclic) bond motifs is 1. The number of amides is 1. The van der Waals surface area contributed by atoms with E-state index in [0.717, 1.165) is 10.4 Å². The first-order chi connectivity index (χ1) is 20.6. The Kier molecular flexibility index (Phi) is 9.41. The number of benzene rings is 2. The molecule has 2 heterocycles. The highest BCUT2D eigenvalue weighted by atomic mass is 19.4. The van der Waals surface area contributed by atoms with Crippen LogP contribution in [0.5, 0.6) is 0 Å². The Bertz CT molecular complexity index is 1500. The van der Waals surface area contributed by atoms with Crippen LogP contribution in [0.15, 0.2) is 36.4 Å². The van der Waals surface area contributed by atoms with Gasteiger partial charge in [0.15, 0.2) is 0 Å². The van der Waals surface area contributed by atoms with Crippen molar-refractivity contribution in [3.63, 3.8) is 0 Å². The number of alkyl halides is 6. The number of aryl methyl sites for hydroxylation is 1. The maximum absolute atomic E-state index is 13.7. The normalized spacial score (nSPS) is 16.9. The van der Waals surface area contributed by atoms with Crippen LogP contribution in [0.25, 0.3) is 4.85 Å². The predicted octanol–water partition coefficient (Wildman–Crippen LogP) is 7.22. The van der Waals surface area contributed by atoms with E-state index in [1.807, 2.05) is 19.9 Å². The van der Waals surface area contributed by atoms with Crippen molar-refractivity contribution < 1.29 is 35.9 Å². The molecule has 0 spiro atoms. The number of hydrogen-bond acceptors (Lipinski definition) is 6. The van der Waals surface area contributed by atoms with Gasteiger partial charge in [-0.3, -0.25) is 4.90 Å². The topological polar surface area (TPSA) is 80.7 Å². The van der Waals surface area contributed by atoms with Crippen LogP contribution >= 0.6 is 0 Å². The van der Waals surface area contributed by atoms with E-state index in [2.05, 4.69) is 20.3 Å². The molecule has 3 aromatic rings. The van der Waals surface area contributed by atoms with Gasteiger partial charge in [-0.25, -0.2) is 11.4 Å². The second kappa shape index (κ2) is 12.7. The minimum atomic E-state index is -5.03. The zero-order valence-electron chi connectivity index (χ0n) is 24.4. The van der Waals surface area contributed by atoms with Crippen LogP contribution in [-0.2, 0) is 30.2 Å². The number of nitrogens with zero attached hydrogens (tertiary/aromatic N) is 7. The monoisotopic (exact) mass is 623 g/mol. The second-order valence-electron chi connectivity index (χ2n) is 10.8. The summed E-state index contributed by atoms with van der Waals surface area (Å²) in [6.07, 6.45) is -10.3. The lowest BCUT2D eigenvalue weighted by atomic mass is 9.87. The van der Waals surface area contributed by atoms with Crippen LogP contribution in [-0.4, -0.2) is 45.0 Å². The maximum Gasteiger partial charge on any atom is 0.416 e. The molecular formula is C29H31F6N7O2. The van der Waals surface area contributed by atoms with E-state index in [1.54, 1.807) is 26.0 Å². The Labute approximate surface area is 250 Å². The molecule has 1 aromatic heterocycles. The summed E-state index contributed by atoms with van der Waals surface area (Å²) in [4.78, 5) is 20.7. The molecule has 9 nitrogen and oxygen atoms in total. The fourth-order valence-electron chi connectivity index (χ4n) is 5.21. The lowest BCUT2D eigenvalue weighted by molar-refractivity contribution is -0.143.